The SMILES string of the molecule is Cc1cc(C(=O)NC23CCC(NC(=O)COc4ccc(F)c(F)c4)(CC2)C(=O)C3)on1. The number of carbonyl (C=O) groups excluding carboxylic acids is 3. The topological polar surface area (TPSA) is 111 Å². The summed E-state index contributed by atoms with van der Waals surface area (Å²) in [6, 6.07) is 4.49. The Hall–Kier alpha value is -3.30. The first-order valence-corrected chi connectivity index (χ1v) is 9.88. The van der Waals surface area contributed by atoms with E-state index in [4.69, 9.17) is 9.26 Å². The van der Waals surface area contributed by atoms with Gasteiger partial charge in [0.1, 0.15) is 5.75 Å². The average molecular weight is 433 g/mol. The maximum Gasteiger partial charge on any atom is 0.290 e. The molecule has 2 N–H and O–H groups in total. The van der Waals surface area contributed by atoms with Crippen LogP contribution in [0.1, 0.15) is 48.4 Å². The predicted octanol–water partition coefficient (Wildman–Crippen LogP) is 2.21. The molecule has 2 aromatic rings. The van der Waals surface area contributed by atoms with E-state index in [1.807, 2.05) is 0 Å². The molecule has 3 aliphatic rings. The molecule has 3 aliphatic carbocycles. The summed E-state index contributed by atoms with van der Waals surface area (Å²) in [6.07, 6.45) is 1.87. The predicted molar refractivity (Wildman–Crippen MR) is 102 cm³/mol. The van der Waals surface area contributed by atoms with E-state index in [0.29, 0.717) is 31.4 Å². The Kier molecular flexibility index (Phi) is 5.24. The highest BCUT2D eigenvalue weighted by atomic mass is 19.2. The van der Waals surface area contributed by atoms with Gasteiger partial charge in [0, 0.05) is 24.1 Å². The molecule has 1 heterocycles. The lowest BCUT2D eigenvalue weighted by atomic mass is 9.60. The molecule has 1 aromatic heterocycles. The summed E-state index contributed by atoms with van der Waals surface area (Å²) in [4.78, 5) is 37.7. The number of halogens is 2. The fourth-order valence-electron chi connectivity index (χ4n) is 4.24. The van der Waals surface area contributed by atoms with Crippen LogP contribution in [0.2, 0.25) is 0 Å². The quantitative estimate of drug-likeness (QED) is 0.723. The minimum absolute atomic E-state index is 0.00884. The largest absolute Gasteiger partial charge is 0.484 e. The molecular weight excluding hydrogens is 412 g/mol. The molecule has 3 fully saturated rings. The number of fused-ring (bicyclic) bond motifs is 3. The Morgan fingerprint density at radius 1 is 1.13 bits per heavy atom. The zero-order valence-electron chi connectivity index (χ0n) is 16.8. The third-order valence-corrected chi connectivity index (χ3v) is 5.96. The fraction of sp³-hybridized carbons (Fsp3) is 0.429. The first-order chi connectivity index (χ1) is 14.7. The highest BCUT2D eigenvalue weighted by Gasteiger charge is 2.55. The van der Waals surface area contributed by atoms with Crippen molar-refractivity contribution in [1.82, 2.24) is 15.8 Å². The Morgan fingerprint density at radius 3 is 2.48 bits per heavy atom. The number of Topliss-reactive ketones (excluding diaryl/α,β-unsaturated/α-hetero) is 1. The molecule has 0 radical (unpaired) electrons. The number of nitrogens with one attached hydrogen (secondary N) is 2. The zero-order chi connectivity index (χ0) is 22.2. The molecule has 1 aromatic carbocycles. The molecule has 0 atom stereocenters. The smallest absolute Gasteiger partial charge is 0.290 e. The molecular formula is C21H21F2N3O5. The molecule has 8 nitrogen and oxygen atoms in total. The van der Waals surface area contributed by atoms with Gasteiger partial charge in [-0.15, -0.1) is 0 Å². The summed E-state index contributed by atoms with van der Waals surface area (Å²) in [5.41, 5.74) is -1.11. The standard InChI is InChI=1S/C21H21F2N3O5/c1-12-8-16(31-26-12)19(29)25-20-4-6-21(7-5-20,17(27)10-20)24-18(28)11-30-13-2-3-14(22)15(23)9-13/h2-3,8-9H,4-7,10-11H2,1H3,(H,24,28)(H,25,29). The van der Waals surface area contributed by atoms with Gasteiger partial charge in [0.2, 0.25) is 5.76 Å². The minimum atomic E-state index is -1.08. The van der Waals surface area contributed by atoms with Gasteiger partial charge in [0.05, 0.1) is 11.2 Å². The van der Waals surface area contributed by atoms with Crippen molar-refractivity contribution in [3.8, 4) is 5.75 Å². The van der Waals surface area contributed by atoms with Crippen molar-refractivity contribution in [1.29, 1.82) is 0 Å². The van der Waals surface area contributed by atoms with Crippen LogP contribution in [0.4, 0.5) is 8.78 Å². The van der Waals surface area contributed by atoms with Gasteiger partial charge in [-0.3, -0.25) is 14.4 Å². The zero-order valence-corrected chi connectivity index (χ0v) is 16.8. The number of aromatic nitrogens is 1. The van der Waals surface area contributed by atoms with Crippen LogP contribution in [0.3, 0.4) is 0 Å². The second kappa shape index (κ2) is 7.75. The average Bonchev–Trinajstić information content (AvgIpc) is 3.17. The van der Waals surface area contributed by atoms with E-state index in [1.54, 1.807) is 6.92 Å². The van der Waals surface area contributed by atoms with E-state index in [-0.39, 0.29) is 23.7 Å². The van der Waals surface area contributed by atoms with Crippen LogP contribution < -0.4 is 15.4 Å². The van der Waals surface area contributed by atoms with Gasteiger partial charge in [-0.25, -0.2) is 8.78 Å². The van der Waals surface area contributed by atoms with Crippen molar-refractivity contribution in [3.05, 3.63) is 47.4 Å². The molecule has 2 bridgehead atoms. The second-order valence-corrected chi connectivity index (χ2v) is 8.16. The van der Waals surface area contributed by atoms with Crippen molar-refractivity contribution >= 4 is 17.6 Å². The van der Waals surface area contributed by atoms with Crippen LogP contribution in [0.5, 0.6) is 5.75 Å². The van der Waals surface area contributed by atoms with Crippen LogP contribution in [0.25, 0.3) is 0 Å². The maximum absolute atomic E-state index is 13.2. The number of carbonyl (C=O) groups is 3. The summed E-state index contributed by atoms with van der Waals surface area (Å²) in [6.45, 7) is 1.27. The van der Waals surface area contributed by atoms with Crippen molar-refractivity contribution in [2.45, 2.75) is 50.1 Å². The normalized spacial score (nSPS) is 24.7. The van der Waals surface area contributed by atoms with Gasteiger partial charge >= 0.3 is 0 Å². The number of hydrogen-bond donors (Lipinski definition) is 2. The number of benzene rings is 1. The van der Waals surface area contributed by atoms with Crippen molar-refractivity contribution < 1.29 is 32.4 Å². The molecule has 2 amide bonds. The first kappa shape index (κ1) is 21.0. The second-order valence-electron chi connectivity index (χ2n) is 8.16. The van der Waals surface area contributed by atoms with Crippen LogP contribution in [-0.2, 0) is 9.59 Å². The summed E-state index contributed by atoms with van der Waals surface area (Å²) < 4.78 is 36.4. The number of rotatable bonds is 6. The van der Waals surface area contributed by atoms with Gasteiger partial charge in [-0.05, 0) is 44.7 Å². The highest BCUT2D eigenvalue weighted by molar-refractivity contribution is 5.97. The Balaban J connectivity index is 1.35. The molecule has 31 heavy (non-hydrogen) atoms. The lowest BCUT2D eigenvalue weighted by Crippen LogP contribution is -2.68. The van der Waals surface area contributed by atoms with Gasteiger partial charge in [-0.1, -0.05) is 5.16 Å². The molecule has 3 saturated carbocycles. The summed E-state index contributed by atoms with van der Waals surface area (Å²) in [5, 5.41) is 9.35. The number of nitrogens with zero attached hydrogens (tertiary/aromatic N) is 1. The van der Waals surface area contributed by atoms with E-state index in [2.05, 4.69) is 15.8 Å². The van der Waals surface area contributed by atoms with Gasteiger partial charge in [0.15, 0.2) is 24.0 Å². The van der Waals surface area contributed by atoms with Gasteiger partial charge in [-0.2, -0.15) is 0 Å². The van der Waals surface area contributed by atoms with E-state index in [1.165, 1.54) is 12.1 Å². The molecule has 10 heteroatoms. The Bertz CT molecular complexity index is 1040. The third-order valence-electron chi connectivity index (χ3n) is 5.96. The Morgan fingerprint density at radius 2 is 1.87 bits per heavy atom. The summed E-state index contributed by atoms with van der Waals surface area (Å²) >= 11 is 0. The molecule has 164 valence electrons. The number of ether oxygens (including phenoxy) is 1. The van der Waals surface area contributed by atoms with E-state index in [0.717, 1.165) is 12.1 Å². The van der Waals surface area contributed by atoms with Gasteiger partial charge < -0.3 is 19.9 Å². The highest BCUT2D eigenvalue weighted by Crippen LogP contribution is 2.45. The van der Waals surface area contributed by atoms with E-state index < -0.39 is 41.1 Å². The van der Waals surface area contributed by atoms with Crippen LogP contribution >= 0.6 is 0 Å². The molecule has 0 unspecified atom stereocenters. The van der Waals surface area contributed by atoms with Crippen molar-refractivity contribution in [2.75, 3.05) is 6.61 Å². The van der Waals surface area contributed by atoms with E-state index >= 15 is 0 Å². The third kappa shape index (κ3) is 4.14. The van der Waals surface area contributed by atoms with Crippen molar-refractivity contribution in [2.24, 2.45) is 0 Å². The number of hydrogen-bond acceptors (Lipinski definition) is 6. The molecule has 0 aliphatic heterocycles. The number of aryl methyl sites for hydroxylation is 1. The van der Waals surface area contributed by atoms with E-state index in [9.17, 15) is 23.2 Å². The fourth-order valence-corrected chi connectivity index (χ4v) is 4.24. The van der Waals surface area contributed by atoms with Crippen LogP contribution in [0, 0.1) is 18.6 Å². The van der Waals surface area contributed by atoms with Crippen molar-refractivity contribution in [3.63, 3.8) is 0 Å². The van der Waals surface area contributed by atoms with Gasteiger partial charge in [0.25, 0.3) is 11.8 Å². The molecule has 0 spiro atoms. The first-order valence-electron chi connectivity index (χ1n) is 9.88. The summed E-state index contributed by atoms with van der Waals surface area (Å²) in [5.74, 6) is -3.12. The van der Waals surface area contributed by atoms with Crippen LogP contribution in [-0.4, -0.2) is 40.4 Å². The summed E-state index contributed by atoms with van der Waals surface area (Å²) in [7, 11) is 0. The lowest BCUT2D eigenvalue weighted by molar-refractivity contribution is -0.140. The van der Waals surface area contributed by atoms with Crippen LogP contribution in [0.15, 0.2) is 28.8 Å². The maximum atomic E-state index is 13.2. The minimum Gasteiger partial charge on any atom is -0.484 e. The number of amides is 2. The monoisotopic (exact) mass is 433 g/mol. The lowest BCUT2D eigenvalue weighted by Gasteiger charge is -2.52. The number of ketones is 1. The molecule has 0 saturated heterocycles. The molecule has 5 rings (SSSR count). The Labute approximate surface area is 176 Å².